The van der Waals surface area contributed by atoms with Gasteiger partial charge in [0.25, 0.3) is 5.91 Å². The van der Waals surface area contributed by atoms with E-state index in [2.05, 4.69) is 4.99 Å². The van der Waals surface area contributed by atoms with Gasteiger partial charge < -0.3 is 29.6 Å². The number of carbonyl (C=O) groups excluding carboxylic acids is 1. The van der Waals surface area contributed by atoms with Gasteiger partial charge in [0.1, 0.15) is 36.2 Å². The molecule has 3 aromatic rings. The molecule has 1 amide bonds. The maximum absolute atomic E-state index is 13.0. The number of hydrogen-bond donors (Lipinski definition) is 1. The van der Waals surface area contributed by atoms with Crippen molar-refractivity contribution in [2.24, 2.45) is 4.99 Å². The number of anilines is 1. The Hall–Kier alpha value is -4.20. The maximum atomic E-state index is 13.0. The summed E-state index contributed by atoms with van der Waals surface area (Å²) >= 11 is 0. The molecule has 0 spiro atoms. The number of aryl methyl sites for hydroxylation is 2. The molecule has 0 aromatic heterocycles. The number of fused-ring (bicyclic) bond motifs is 2. The molecule has 0 radical (unpaired) electrons. The lowest BCUT2D eigenvalue weighted by Gasteiger charge is -2.20. The molecule has 8 nitrogen and oxygen atoms in total. The first kappa shape index (κ1) is 25.4. The molecule has 0 bridgehead atoms. The summed E-state index contributed by atoms with van der Waals surface area (Å²) in [6.45, 7) is 7.36. The smallest absolute Gasteiger partial charge is 0.256 e. The van der Waals surface area contributed by atoms with Crippen molar-refractivity contribution in [3.8, 4) is 28.7 Å². The molecular weight excluding hydrogens is 482 g/mol. The monoisotopic (exact) mass is 515 g/mol. The number of ether oxygens (including phenoxy) is 4. The number of amides is 1. The molecular formula is C30H33N3O5. The fourth-order valence-electron chi connectivity index (χ4n) is 4.83. The summed E-state index contributed by atoms with van der Waals surface area (Å²) in [7, 11) is 1.64. The molecule has 1 fully saturated rings. The predicted molar refractivity (Wildman–Crippen MR) is 148 cm³/mol. The highest BCUT2D eigenvalue weighted by molar-refractivity contribution is 6.03. The van der Waals surface area contributed by atoms with Gasteiger partial charge in [-0.3, -0.25) is 9.79 Å². The number of nitrogen functional groups attached to an aromatic ring is 1. The lowest BCUT2D eigenvalue weighted by Crippen LogP contribution is -2.35. The van der Waals surface area contributed by atoms with E-state index in [0.29, 0.717) is 53.2 Å². The quantitative estimate of drug-likeness (QED) is 0.302. The lowest BCUT2D eigenvalue weighted by molar-refractivity contribution is 0.0774. The van der Waals surface area contributed by atoms with Crippen molar-refractivity contribution in [1.29, 1.82) is 0 Å². The lowest BCUT2D eigenvalue weighted by atomic mass is 10.1. The number of aliphatic imine (C=N–C) groups is 1. The van der Waals surface area contributed by atoms with Crippen LogP contribution in [0, 0.1) is 20.8 Å². The van der Waals surface area contributed by atoms with Crippen LogP contribution in [0.25, 0.3) is 0 Å². The minimum Gasteiger partial charge on any atom is -0.496 e. The second kappa shape index (κ2) is 10.7. The highest BCUT2D eigenvalue weighted by atomic mass is 16.5. The second-order valence-corrected chi connectivity index (χ2v) is 9.69. The Labute approximate surface area is 223 Å². The predicted octanol–water partition coefficient (Wildman–Crippen LogP) is 5.77. The van der Waals surface area contributed by atoms with Crippen LogP contribution in [0.15, 0.2) is 47.5 Å². The highest BCUT2D eigenvalue weighted by Crippen LogP contribution is 2.36. The van der Waals surface area contributed by atoms with Crippen molar-refractivity contribution in [2.45, 2.75) is 39.7 Å². The zero-order chi connectivity index (χ0) is 26.8. The summed E-state index contributed by atoms with van der Waals surface area (Å²) in [6.07, 6.45) is 3.85. The van der Waals surface area contributed by atoms with Crippen LogP contribution in [0.4, 0.5) is 11.4 Å². The van der Waals surface area contributed by atoms with Gasteiger partial charge >= 0.3 is 0 Å². The Balaban J connectivity index is 1.22. The van der Waals surface area contributed by atoms with Gasteiger partial charge in [0.05, 0.1) is 30.1 Å². The van der Waals surface area contributed by atoms with E-state index in [4.69, 9.17) is 24.7 Å². The van der Waals surface area contributed by atoms with E-state index in [-0.39, 0.29) is 11.9 Å². The molecule has 5 rings (SSSR count). The van der Waals surface area contributed by atoms with Crippen LogP contribution in [0.2, 0.25) is 0 Å². The number of hydrogen-bond acceptors (Lipinski definition) is 7. The second-order valence-electron chi connectivity index (χ2n) is 9.69. The molecule has 0 unspecified atom stereocenters. The first-order valence-corrected chi connectivity index (χ1v) is 12.8. The van der Waals surface area contributed by atoms with Crippen molar-refractivity contribution >= 4 is 23.5 Å². The van der Waals surface area contributed by atoms with Crippen LogP contribution in [0.5, 0.6) is 28.7 Å². The number of methoxy groups -OCH3 is 1. The molecule has 198 valence electrons. The van der Waals surface area contributed by atoms with Crippen LogP contribution in [-0.2, 0) is 0 Å². The van der Waals surface area contributed by atoms with E-state index in [9.17, 15) is 4.79 Å². The Kier molecular flexibility index (Phi) is 7.13. The van der Waals surface area contributed by atoms with E-state index in [0.717, 1.165) is 41.8 Å². The molecule has 2 heterocycles. The summed E-state index contributed by atoms with van der Waals surface area (Å²) in [5, 5.41) is 0. The maximum Gasteiger partial charge on any atom is 0.256 e. The van der Waals surface area contributed by atoms with Crippen LogP contribution < -0.4 is 24.7 Å². The van der Waals surface area contributed by atoms with E-state index in [1.54, 1.807) is 25.3 Å². The molecule has 0 saturated carbocycles. The van der Waals surface area contributed by atoms with Gasteiger partial charge in [-0.2, -0.15) is 0 Å². The topological polar surface area (TPSA) is 95.6 Å². The van der Waals surface area contributed by atoms with Crippen molar-refractivity contribution in [1.82, 2.24) is 4.90 Å². The van der Waals surface area contributed by atoms with Gasteiger partial charge in [-0.05, 0) is 74.6 Å². The molecule has 2 N–H and O–H groups in total. The van der Waals surface area contributed by atoms with E-state index in [1.165, 1.54) is 0 Å². The zero-order valence-electron chi connectivity index (χ0n) is 22.2. The van der Waals surface area contributed by atoms with Gasteiger partial charge in [-0.25, -0.2) is 0 Å². The molecule has 8 heteroatoms. The summed E-state index contributed by atoms with van der Waals surface area (Å²) in [6, 6.07) is 12.9. The van der Waals surface area contributed by atoms with Crippen LogP contribution in [-0.4, -0.2) is 49.9 Å². The number of carbonyl (C=O) groups is 1. The Morgan fingerprint density at radius 1 is 0.947 bits per heavy atom. The number of nitrogens with zero attached hydrogens (tertiary/aromatic N) is 2. The van der Waals surface area contributed by atoms with Crippen LogP contribution in [0.3, 0.4) is 0 Å². The summed E-state index contributed by atoms with van der Waals surface area (Å²) < 4.78 is 23.4. The van der Waals surface area contributed by atoms with Gasteiger partial charge in [-0.1, -0.05) is 0 Å². The Bertz CT molecular complexity index is 1400. The Morgan fingerprint density at radius 2 is 1.74 bits per heavy atom. The molecule has 38 heavy (non-hydrogen) atoms. The first-order chi connectivity index (χ1) is 18.3. The van der Waals surface area contributed by atoms with Crippen LogP contribution in [0.1, 0.15) is 39.9 Å². The van der Waals surface area contributed by atoms with Crippen molar-refractivity contribution in [3.05, 3.63) is 64.7 Å². The third-order valence-electron chi connectivity index (χ3n) is 7.11. The van der Waals surface area contributed by atoms with Crippen molar-refractivity contribution in [2.75, 3.05) is 32.6 Å². The SMILES string of the molecule is COc1cc(Oc2cc(OCCOc3cc4c(cc3C)C(=O)N3CCC[C@H]3C=N4)ccc2N)cc(C)c1C. The number of nitrogens with two attached hydrogens (primary N) is 1. The first-order valence-electron chi connectivity index (χ1n) is 12.8. The summed E-state index contributed by atoms with van der Waals surface area (Å²) in [5.74, 6) is 3.23. The van der Waals surface area contributed by atoms with Gasteiger partial charge in [0.15, 0.2) is 5.75 Å². The fourth-order valence-corrected chi connectivity index (χ4v) is 4.83. The molecule has 2 aliphatic heterocycles. The average molecular weight is 516 g/mol. The van der Waals surface area contributed by atoms with Gasteiger partial charge in [-0.15, -0.1) is 0 Å². The average Bonchev–Trinajstić information content (AvgIpc) is 3.34. The van der Waals surface area contributed by atoms with Gasteiger partial charge in [0.2, 0.25) is 0 Å². The fraction of sp³-hybridized carbons (Fsp3) is 0.333. The number of rotatable bonds is 8. The van der Waals surface area contributed by atoms with Gasteiger partial charge in [0, 0.05) is 31.0 Å². The largest absolute Gasteiger partial charge is 0.496 e. The minimum atomic E-state index is 0.0404. The van der Waals surface area contributed by atoms with Crippen LogP contribution >= 0.6 is 0 Å². The third-order valence-corrected chi connectivity index (χ3v) is 7.11. The van der Waals surface area contributed by atoms with Crippen molar-refractivity contribution < 1.29 is 23.7 Å². The molecule has 3 aromatic carbocycles. The molecule has 1 saturated heterocycles. The van der Waals surface area contributed by atoms with E-state index < -0.39 is 0 Å². The Morgan fingerprint density at radius 3 is 2.55 bits per heavy atom. The standard InChI is InChI=1S/C30H33N3O5/c1-18-12-23(15-28(35-4)20(18)3)38-29-14-22(7-8-25(29)31)36-10-11-37-27-16-26-24(13-19(27)2)30(34)33-9-5-6-21(33)17-32-26/h7-8,12-17,21H,5-6,9-11,31H2,1-4H3/t21-/m0/s1. The van der Waals surface area contributed by atoms with E-state index >= 15 is 0 Å². The van der Waals surface area contributed by atoms with Crippen molar-refractivity contribution in [3.63, 3.8) is 0 Å². The normalized spacial score (nSPS) is 16.1. The summed E-state index contributed by atoms with van der Waals surface area (Å²) in [5.41, 5.74) is 10.9. The molecule has 2 aliphatic rings. The minimum absolute atomic E-state index is 0.0404. The third kappa shape index (κ3) is 5.11. The number of benzene rings is 3. The summed E-state index contributed by atoms with van der Waals surface area (Å²) in [4.78, 5) is 19.5. The zero-order valence-corrected chi connectivity index (χ0v) is 22.2. The molecule has 1 atom stereocenters. The molecule has 0 aliphatic carbocycles. The highest BCUT2D eigenvalue weighted by Gasteiger charge is 2.32. The van der Waals surface area contributed by atoms with E-state index in [1.807, 2.05) is 56.2 Å².